The molecule has 0 aliphatic rings. The first-order valence-corrected chi connectivity index (χ1v) is 20.7. The molecule has 0 spiro atoms. The normalized spacial score (nSPS) is 13.2. The molecule has 0 aliphatic carbocycles. The Hall–Kier alpha value is -0.971. The fraction of sp³-hybridized carbons (Fsp3) is 0.679. The van der Waals surface area contributed by atoms with Gasteiger partial charge < -0.3 is 0 Å². The topological polar surface area (TPSA) is 29.5 Å². The maximum atomic E-state index is 13.4. The van der Waals surface area contributed by atoms with Crippen LogP contribution in [0.2, 0.25) is 13.3 Å². The molecule has 1 aromatic rings. The van der Waals surface area contributed by atoms with Crippen molar-refractivity contribution in [1.82, 2.24) is 4.90 Å². The van der Waals surface area contributed by atoms with E-state index >= 15 is 0 Å². The van der Waals surface area contributed by atoms with Gasteiger partial charge in [-0.3, -0.25) is 0 Å². The molecule has 32 heavy (non-hydrogen) atoms. The first kappa shape index (κ1) is 29.1. The van der Waals surface area contributed by atoms with Gasteiger partial charge in [-0.2, -0.15) is 0 Å². The summed E-state index contributed by atoms with van der Waals surface area (Å²) in [7, 11) is 0. The van der Waals surface area contributed by atoms with E-state index in [0.717, 1.165) is 0 Å². The van der Waals surface area contributed by atoms with E-state index in [4.69, 9.17) is 4.74 Å². The van der Waals surface area contributed by atoms with Crippen molar-refractivity contribution in [2.24, 2.45) is 0 Å². The molecule has 0 aromatic heterocycles. The van der Waals surface area contributed by atoms with Crippen LogP contribution < -0.4 is 0 Å². The Labute approximate surface area is 202 Å². The van der Waals surface area contributed by atoms with Gasteiger partial charge in [-0.05, 0) is 0 Å². The number of amides is 1. The van der Waals surface area contributed by atoms with Gasteiger partial charge in [0.1, 0.15) is 0 Å². The third-order valence-corrected chi connectivity index (χ3v) is 22.4. The Kier molecular flexibility index (Phi) is 14.3. The third kappa shape index (κ3) is 9.49. The fourth-order valence-corrected chi connectivity index (χ4v) is 20.8. The van der Waals surface area contributed by atoms with Crippen LogP contribution in [-0.4, -0.2) is 45.6 Å². The Morgan fingerprint density at radius 1 is 0.875 bits per heavy atom. The summed E-state index contributed by atoms with van der Waals surface area (Å²) in [6.45, 7) is 15.2. The van der Waals surface area contributed by atoms with E-state index < -0.39 is 18.4 Å². The molecule has 0 heterocycles. The van der Waals surface area contributed by atoms with Gasteiger partial charge in [0.05, 0.1) is 0 Å². The number of carbonyl (C=O) groups excluding carboxylic acids is 1. The summed E-state index contributed by atoms with van der Waals surface area (Å²) in [6, 6.07) is 10.7. The van der Waals surface area contributed by atoms with Gasteiger partial charge in [-0.1, -0.05) is 0 Å². The number of rotatable bonds is 15. The van der Waals surface area contributed by atoms with Crippen molar-refractivity contribution in [1.29, 1.82) is 0 Å². The van der Waals surface area contributed by atoms with Crippen LogP contribution in [0.1, 0.15) is 92.6 Å². The molecule has 0 bridgehead atoms. The number of benzene rings is 1. The number of hydrogen-bond acceptors (Lipinski definition) is 2. The van der Waals surface area contributed by atoms with E-state index in [-0.39, 0.29) is 22.3 Å². The Morgan fingerprint density at radius 3 is 1.75 bits per heavy atom. The summed E-state index contributed by atoms with van der Waals surface area (Å²) in [5.74, 6) is 0. The van der Waals surface area contributed by atoms with Gasteiger partial charge >= 0.3 is 203 Å². The molecular formula is C28H49NO2Sn. The minimum atomic E-state index is -2.83. The molecule has 0 N–H and O–H groups in total. The molecule has 1 atom stereocenters. The number of ether oxygens (including phenoxy) is 1. The van der Waals surface area contributed by atoms with Crippen molar-refractivity contribution >= 4 is 30.5 Å². The predicted molar refractivity (Wildman–Crippen MR) is 143 cm³/mol. The monoisotopic (exact) mass is 551 g/mol. The van der Waals surface area contributed by atoms with Crippen LogP contribution in [0.5, 0.6) is 0 Å². The molecule has 0 fully saturated rings. The minimum absolute atomic E-state index is 0.0124. The Balaban J connectivity index is 3.40. The zero-order valence-corrected chi connectivity index (χ0v) is 24.8. The second kappa shape index (κ2) is 15.8. The summed E-state index contributed by atoms with van der Waals surface area (Å²) in [5.41, 5.74) is 1.18. The summed E-state index contributed by atoms with van der Waals surface area (Å²) in [4.78, 5) is 15.3. The number of unbranched alkanes of at least 4 members (excludes halogenated alkanes) is 3. The molecule has 1 aromatic carbocycles. The van der Waals surface area contributed by atoms with Gasteiger partial charge in [0.25, 0.3) is 0 Å². The molecule has 0 aliphatic heterocycles. The summed E-state index contributed by atoms with van der Waals surface area (Å²) >= 11 is -2.83. The van der Waals surface area contributed by atoms with Crippen LogP contribution in [0.4, 0.5) is 4.79 Å². The Morgan fingerprint density at radius 2 is 1.34 bits per heavy atom. The average Bonchev–Trinajstić information content (AvgIpc) is 2.76. The summed E-state index contributed by atoms with van der Waals surface area (Å²) in [6.07, 6.45) is 11.7. The second-order valence-electron chi connectivity index (χ2n) is 9.84. The number of carbonyl (C=O) groups is 1. The van der Waals surface area contributed by atoms with Gasteiger partial charge in [-0.25, -0.2) is 0 Å². The third-order valence-electron chi connectivity index (χ3n) is 6.50. The molecule has 1 amide bonds. The van der Waals surface area contributed by atoms with E-state index in [0.29, 0.717) is 0 Å². The molecule has 0 saturated heterocycles. The van der Waals surface area contributed by atoms with E-state index in [1.807, 2.05) is 11.0 Å². The molecule has 182 valence electrons. The van der Waals surface area contributed by atoms with Crippen molar-refractivity contribution in [3.8, 4) is 0 Å². The van der Waals surface area contributed by atoms with Gasteiger partial charge in [-0.15, -0.1) is 0 Å². The van der Waals surface area contributed by atoms with Gasteiger partial charge in [0.15, 0.2) is 0 Å². The number of nitrogens with zero attached hydrogens (tertiary/aromatic N) is 1. The standard InChI is InChI=1S/C16H22NO2.3C4H9.Sn/c1-13(2)17(14(3)4)16(18)19-12-8-11-15-9-6-5-7-10-15;3*1-3-4-2;/h5-14H,1-4H3;3*1,3-4H2,2H3;/b11-8+;;;;. The van der Waals surface area contributed by atoms with Crippen molar-refractivity contribution in [2.75, 3.05) is 0 Å². The van der Waals surface area contributed by atoms with Crippen molar-refractivity contribution in [3.63, 3.8) is 0 Å². The first-order valence-electron chi connectivity index (χ1n) is 13.0. The second-order valence-corrected chi connectivity index (χ2v) is 23.5. The summed E-state index contributed by atoms with van der Waals surface area (Å²) < 4.78 is 10.4. The predicted octanol–water partition coefficient (Wildman–Crippen LogP) is 8.71. The molecule has 3 nitrogen and oxygen atoms in total. The molecule has 0 radical (unpaired) electrons. The van der Waals surface area contributed by atoms with Crippen LogP contribution in [-0.2, 0) is 4.74 Å². The summed E-state index contributed by atoms with van der Waals surface area (Å²) in [5, 5.41) is 0. The zero-order chi connectivity index (χ0) is 24.0. The average molecular weight is 550 g/mol. The first-order chi connectivity index (χ1) is 15.3. The molecule has 0 saturated carbocycles. The molecule has 1 rings (SSSR count). The van der Waals surface area contributed by atoms with Crippen LogP contribution in [0.3, 0.4) is 0 Å². The van der Waals surface area contributed by atoms with Crippen molar-refractivity contribution < 1.29 is 9.53 Å². The van der Waals surface area contributed by atoms with Crippen molar-refractivity contribution in [2.45, 2.75) is 117 Å². The fourth-order valence-electron chi connectivity index (χ4n) is 4.71. The van der Waals surface area contributed by atoms with Gasteiger partial charge in [0.2, 0.25) is 0 Å². The van der Waals surface area contributed by atoms with Gasteiger partial charge in [0, 0.05) is 0 Å². The quantitative estimate of drug-likeness (QED) is 0.205. The molecule has 1 unspecified atom stereocenters. The van der Waals surface area contributed by atoms with Crippen LogP contribution in [0, 0.1) is 0 Å². The van der Waals surface area contributed by atoms with Crippen LogP contribution >= 0.6 is 0 Å². The zero-order valence-electron chi connectivity index (χ0n) is 21.9. The van der Waals surface area contributed by atoms with Crippen LogP contribution in [0.15, 0.2) is 36.4 Å². The van der Waals surface area contributed by atoms with E-state index in [1.54, 1.807) is 0 Å². The van der Waals surface area contributed by atoms with E-state index in [1.165, 1.54) is 57.4 Å². The van der Waals surface area contributed by atoms with E-state index in [2.05, 4.69) is 84.9 Å². The molecule has 4 heteroatoms. The SMILES string of the molecule is CCC[CH2][Sn]([CH2]CCC)([CH2]CCC)[CH](/C=C/c1ccccc1)OC(=O)N(C(C)C)C(C)C. The molecular weight excluding hydrogens is 501 g/mol. The van der Waals surface area contributed by atoms with Crippen LogP contribution in [0.25, 0.3) is 6.08 Å². The van der Waals surface area contributed by atoms with Crippen molar-refractivity contribution in [3.05, 3.63) is 42.0 Å². The Bertz CT molecular complexity index is 627. The maximum absolute atomic E-state index is 13.4. The van der Waals surface area contributed by atoms with E-state index in [9.17, 15) is 4.79 Å². The number of hydrogen-bond donors (Lipinski definition) is 0.